The Hall–Kier alpha value is 1.69. The van der Waals surface area contributed by atoms with Gasteiger partial charge in [0.1, 0.15) is 0 Å². The van der Waals surface area contributed by atoms with Crippen molar-refractivity contribution in [1.29, 1.82) is 0 Å². The molecule has 0 saturated carbocycles. The van der Waals surface area contributed by atoms with E-state index in [9.17, 15) is 0 Å². The maximum absolute atomic E-state index is 8.52. The van der Waals surface area contributed by atoms with Crippen molar-refractivity contribution in [2.45, 2.75) is 0 Å². The van der Waals surface area contributed by atoms with Crippen molar-refractivity contribution in [3.05, 3.63) is 0 Å². The Morgan fingerprint density at radius 3 is 1.12 bits per heavy atom. The fraction of sp³-hybridized carbons (Fsp3) is 0. The van der Waals surface area contributed by atoms with E-state index in [1.54, 1.807) is 0 Å². The summed E-state index contributed by atoms with van der Waals surface area (Å²) < 4.78 is 34.1. The first-order valence-electron chi connectivity index (χ1n) is 0.667. The molecule has 0 rings (SSSR count). The molecule has 3 N–H and O–H groups in total. The van der Waals surface area contributed by atoms with Gasteiger partial charge in [0.25, 0.3) is 0 Å². The average Bonchev–Trinajstić information content (AvgIpc) is 0.722. The molecule has 0 aromatic carbocycles. The fourth-order valence-corrected chi connectivity index (χ4v) is 0. The van der Waals surface area contributed by atoms with Crippen LogP contribution in [0.1, 0.15) is 0 Å². The molecule has 0 aliphatic rings. The van der Waals surface area contributed by atoms with Crippen molar-refractivity contribution >= 4 is 71.7 Å². The molecule has 0 aromatic heterocycles. The zero-order chi connectivity index (χ0) is 4.50. The van der Waals surface area contributed by atoms with Crippen LogP contribution in [0.25, 0.3) is 0 Å². The van der Waals surface area contributed by atoms with Crippen LogP contribution in [0.15, 0.2) is 0 Å². The fourth-order valence-electron chi connectivity index (χ4n) is 0. The van der Waals surface area contributed by atoms with E-state index in [4.69, 9.17) is 17.5 Å². The minimum Gasteiger partial charge on any atom is -0.759 e. The summed E-state index contributed by atoms with van der Waals surface area (Å²) in [5, 5.41) is 0. The van der Waals surface area contributed by atoms with Gasteiger partial charge in [-0.2, -0.15) is 0 Å². The molecular weight excluding hydrogens is 283 g/mol. The molecule has 0 amide bonds. The molecule has 0 saturated heterocycles. The van der Waals surface area contributed by atoms with Crippen LogP contribution in [0.2, 0.25) is 0 Å². The number of hydrogen-bond acceptors (Lipinski definition) is 5. The maximum Gasteiger partial charge on any atom is 2.00 e. The Balaban J connectivity index is -0.0000000267. The third-order valence-electron chi connectivity index (χ3n) is 0. The number of hydrogen-bond donors (Lipinski definition) is 1. The predicted molar refractivity (Wildman–Crippen MR) is 28.5 cm³/mol. The van der Waals surface area contributed by atoms with Gasteiger partial charge in [-0.3, -0.25) is 8.42 Å². The van der Waals surface area contributed by atoms with Crippen LogP contribution in [-0.2, 0) is 10.4 Å². The second-order valence-corrected chi connectivity index (χ2v) is 1.22. The average molecular weight is 287 g/mol. The van der Waals surface area contributed by atoms with Crippen LogP contribution in [0.3, 0.4) is 0 Å². The summed E-state index contributed by atoms with van der Waals surface area (Å²) >= 11 is 0. The molecule has 0 heterocycles. The van der Waals surface area contributed by atoms with Crippen molar-refractivity contribution in [2.24, 2.45) is 0 Å². The van der Waals surface area contributed by atoms with E-state index in [2.05, 4.69) is 0 Å². The van der Waals surface area contributed by atoms with Crippen molar-refractivity contribution in [3.8, 4) is 0 Å². The summed E-state index contributed by atoms with van der Waals surface area (Å²) in [5.41, 5.74) is 0. The summed E-state index contributed by atoms with van der Waals surface area (Å²) in [6.07, 6.45) is 0. The predicted octanol–water partition coefficient (Wildman–Crippen LogP) is -1.14. The minimum absolute atomic E-state index is 0. The Labute approximate surface area is 93.9 Å². The number of halogens is 1. The molecule has 5 nitrogen and oxygen atoms in total. The molecule has 0 unspecified atom stereocenters. The van der Waals surface area contributed by atoms with Gasteiger partial charge in [-0.25, -0.2) is 0 Å². The van der Waals surface area contributed by atoms with E-state index in [0.717, 1.165) is 0 Å². The van der Waals surface area contributed by atoms with Gasteiger partial charge in [0, 0.05) is 10.4 Å². The molecule has 0 fully saturated rings. The standard InChI is InChI=1S/Ba.ClH.H3N.H2O4S/c;;;1-5(2,3)4/h;1H;1H3;(H2,1,2,3,4)/q+2;;;/p-2. The van der Waals surface area contributed by atoms with Crippen LogP contribution in [-0.4, -0.2) is 66.4 Å². The van der Waals surface area contributed by atoms with Gasteiger partial charge in [0.2, 0.25) is 0 Å². The zero-order valence-electron chi connectivity index (χ0n) is 3.86. The molecule has 0 aliphatic carbocycles. The first-order valence-corrected chi connectivity index (χ1v) is 2.00. The number of rotatable bonds is 0. The van der Waals surface area contributed by atoms with Gasteiger partial charge in [-0.05, 0) is 0 Å². The van der Waals surface area contributed by atoms with E-state index in [-0.39, 0.29) is 67.4 Å². The summed E-state index contributed by atoms with van der Waals surface area (Å²) in [7, 11) is -5.17. The molecule has 0 aliphatic heterocycles. The normalized spacial score (nSPS) is 7.25. The monoisotopic (exact) mass is 287 g/mol. The molecular formula is H4BaClNO4S. The second kappa shape index (κ2) is 8.69. The SMILES string of the molecule is Cl.N.O=S(=O)([O-])[O-].[Ba+2]. The molecule has 0 spiro atoms. The van der Waals surface area contributed by atoms with Crippen molar-refractivity contribution in [2.75, 3.05) is 0 Å². The smallest absolute Gasteiger partial charge is 0.759 e. The molecule has 8 heavy (non-hydrogen) atoms. The molecule has 8 heteroatoms. The van der Waals surface area contributed by atoms with Gasteiger partial charge in [-0.15, -0.1) is 12.4 Å². The Morgan fingerprint density at radius 1 is 1.12 bits per heavy atom. The van der Waals surface area contributed by atoms with Gasteiger partial charge in [0.05, 0.1) is 0 Å². The Kier molecular flexibility index (Phi) is 24.6. The minimum atomic E-state index is -5.17. The topological polar surface area (TPSA) is 115 Å². The molecule has 48 valence electrons. The molecule has 0 aromatic rings. The summed E-state index contributed by atoms with van der Waals surface area (Å²) in [4.78, 5) is 0. The summed E-state index contributed by atoms with van der Waals surface area (Å²) in [6.45, 7) is 0. The quantitative estimate of drug-likeness (QED) is 0.343. The van der Waals surface area contributed by atoms with Crippen LogP contribution in [0, 0.1) is 0 Å². The first kappa shape index (κ1) is 22.6. The van der Waals surface area contributed by atoms with Crippen LogP contribution >= 0.6 is 12.4 Å². The van der Waals surface area contributed by atoms with Crippen LogP contribution in [0.4, 0.5) is 0 Å². The van der Waals surface area contributed by atoms with E-state index in [0.29, 0.717) is 0 Å². The van der Waals surface area contributed by atoms with E-state index < -0.39 is 10.4 Å². The molecule has 0 radical (unpaired) electrons. The van der Waals surface area contributed by atoms with Gasteiger partial charge in [0.15, 0.2) is 0 Å². The summed E-state index contributed by atoms with van der Waals surface area (Å²) in [5.74, 6) is 0. The zero-order valence-corrected chi connectivity index (χ0v) is 9.94. The molecule has 0 atom stereocenters. The third-order valence-corrected chi connectivity index (χ3v) is 0. The van der Waals surface area contributed by atoms with Gasteiger partial charge >= 0.3 is 48.9 Å². The van der Waals surface area contributed by atoms with E-state index in [1.165, 1.54) is 0 Å². The van der Waals surface area contributed by atoms with E-state index >= 15 is 0 Å². The largest absolute Gasteiger partial charge is 2.00 e. The van der Waals surface area contributed by atoms with Crippen molar-refractivity contribution in [3.63, 3.8) is 0 Å². The Bertz CT molecular complexity index is 99.2. The molecule has 0 bridgehead atoms. The van der Waals surface area contributed by atoms with Crippen molar-refractivity contribution < 1.29 is 17.5 Å². The van der Waals surface area contributed by atoms with Crippen molar-refractivity contribution in [1.82, 2.24) is 6.15 Å². The van der Waals surface area contributed by atoms with E-state index in [1.807, 2.05) is 0 Å². The second-order valence-electron chi connectivity index (χ2n) is 0.408. The van der Waals surface area contributed by atoms with Crippen LogP contribution < -0.4 is 6.15 Å². The first-order chi connectivity index (χ1) is 2.00. The maximum atomic E-state index is 8.52. The van der Waals surface area contributed by atoms with Gasteiger partial charge in [-0.1, -0.05) is 0 Å². The summed E-state index contributed by atoms with van der Waals surface area (Å²) in [6, 6.07) is 0. The van der Waals surface area contributed by atoms with Crippen LogP contribution in [0.5, 0.6) is 0 Å². The third kappa shape index (κ3) is 120. The Morgan fingerprint density at radius 2 is 1.12 bits per heavy atom. The van der Waals surface area contributed by atoms with Gasteiger partial charge < -0.3 is 15.3 Å².